The van der Waals surface area contributed by atoms with Crippen molar-refractivity contribution in [2.24, 2.45) is 11.5 Å². The van der Waals surface area contributed by atoms with Gasteiger partial charge in [0.05, 0.1) is 7.11 Å². The molecule has 3 nitrogen and oxygen atoms in total. The van der Waals surface area contributed by atoms with Crippen LogP contribution in [0, 0.1) is 0 Å². The lowest BCUT2D eigenvalue weighted by molar-refractivity contribution is 0.403. The minimum Gasteiger partial charge on any atom is -0.496 e. The average molecular weight is 273 g/mol. The number of rotatable bonds is 6. The van der Waals surface area contributed by atoms with Gasteiger partial charge in [-0.2, -0.15) is 0 Å². The van der Waals surface area contributed by atoms with Crippen LogP contribution in [0.3, 0.4) is 0 Å². The molecule has 0 heterocycles. The molecule has 4 heteroatoms. The van der Waals surface area contributed by atoms with Gasteiger partial charge < -0.3 is 16.2 Å². The fraction of sp³-hybridized carbons (Fsp3) is 0.571. The molecule has 1 aromatic rings. The highest BCUT2D eigenvalue weighted by Gasteiger charge is 2.13. The van der Waals surface area contributed by atoms with Crippen LogP contribution in [0.1, 0.15) is 49.8 Å². The zero-order valence-corrected chi connectivity index (χ0v) is 12.3. The molecule has 0 spiro atoms. The van der Waals surface area contributed by atoms with Crippen molar-refractivity contribution in [3.05, 3.63) is 29.3 Å². The molecule has 0 saturated heterocycles. The van der Waals surface area contributed by atoms with Crippen molar-refractivity contribution in [2.45, 2.75) is 38.6 Å². The summed E-state index contributed by atoms with van der Waals surface area (Å²) in [6, 6.07) is 6.27. The van der Waals surface area contributed by atoms with Crippen molar-refractivity contribution < 1.29 is 4.74 Å². The first-order chi connectivity index (χ1) is 8.10. The first-order valence-electron chi connectivity index (χ1n) is 6.23. The van der Waals surface area contributed by atoms with Gasteiger partial charge in [-0.05, 0) is 36.9 Å². The van der Waals surface area contributed by atoms with E-state index in [4.69, 9.17) is 16.2 Å². The lowest BCUT2D eigenvalue weighted by Crippen LogP contribution is -2.14. The third kappa shape index (κ3) is 4.48. The van der Waals surface area contributed by atoms with Gasteiger partial charge in [0.2, 0.25) is 0 Å². The third-order valence-corrected chi connectivity index (χ3v) is 3.04. The van der Waals surface area contributed by atoms with Gasteiger partial charge in [-0.25, -0.2) is 0 Å². The highest BCUT2D eigenvalue weighted by atomic mass is 35.5. The summed E-state index contributed by atoms with van der Waals surface area (Å²) < 4.78 is 5.37. The minimum atomic E-state index is 0. The smallest absolute Gasteiger partial charge is 0.123 e. The number of benzene rings is 1. The van der Waals surface area contributed by atoms with Crippen LogP contribution in [0.5, 0.6) is 5.75 Å². The maximum atomic E-state index is 6.19. The number of methoxy groups -OCH3 is 1. The van der Waals surface area contributed by atoms with Crippen molar-refractivity contribution in [1.82, 2.24) is 0 Å². The van der Waals surface area contributed by atoms with E-state index in [1.165, 1.54) is 5.56 Å². The highest BCUT2D eigenvalue weighted by Crippen LogP contribution is 2.29. The van der Waals surface area contributed by atoms with Gasteiger partial charge in [0, 0.05) is 11.6 Å². The van der Waals surface area contributed by atoms with E-state index < -0.39 is 0 Å². The molecule has 1 aromatic carbocycles. The van der Waals surface area contributed by atoms with Gasteiger partial charge in [0.1, 0.15) is 5.75 Å². The van der Waals surface area contributed by atoms with Crippen molar-refractivity contribution in [3.8, 4) is 5.75 Å². The second-order valence-electron chi connectivity index (χ2n) is 4.69. The quantitative estimate of drug-likeness (QED) is 0.837. The maximum absolute atomic E-state index is 6.19. The predicted octanol–water partition coefficient (Wildman–Crippen LogP) is 2.98. The molecule has 104 valence electrons. The van der Waals surface area contributed by atoms with Crippen molar-refractivity contribution in [1.29, 1.82) is 0 Å². The Hall–Kier alpha value is -0.770. The Morgan fingerprint density at radius 3 is 2.44 bits per heavy atom. The summed E-state index contributed by atoms with van der Waals surface area (Å²) in [5, 5.41) is 0. The van der Waals surface area contributed by atoms with Crippen LogP contribution in [-0.4, -0.2) is 13.7 Å². The van der Waals surface area contributed by atoms with Crippen LogP contribution in [0.2, 0.25) is 0 Å². The van der Waals surface area contributed by atoms with Gasteiger partial charge in [0.15, 0.2) is 0 Å². The van der Waals surface area contributed by atoms with E-state index in [9.17, 15) is 0 Å². The van der Waals surface area contributed by atoms with Gasteiger partial charge in [0.25, 0.3) is 0 Å². The Balaban J connectivity index is 0.00000289. The summed E-state index contributed by atoms with van der Waals surface area (Å²) in [7, 11) is 1.68. The van der Waals surface area contributed by atoms with Crippen LogP contribution < -0.4 is 16.2 Å². The molecule has 0 bridgehead atoms. The Labute approximate surface area is 116 Å². The van der Waals surface area contributed by atoms with E-state index in [2.05, 4.69) is 26.0 Å². The second kappa shape index (κ2) is 8.35. The lowest BCUT2D eigenvalue weighted by Gasteiger charge is -2.18. The molecular formula is C14H25ClN2O. The van der Waals surface area contributed by atoms with Crippen LogP contribution in [-0.2, 0) is 0 Å². The molecule has 0 aromatic heterocycles. The molecule has 0 aliphatic carbocycles. The zero-order valence-electron chi connectivity index (χ0n) is 11.5. The Kier molecular flexibility index (Phi) is 8.00. The van der Waals surface area contributed by atoms with E-state index in [0.717, 1.165) is 24.2 Å². The highest BCUT2D eigenvalue weighted by molar-refractivity contribution is 5.85. The van der Waals surface area contributed by atoms with E-state index in [-0.39, 0.29) is 18.4 Å². The molecule has 0 amide bonds. The van der Waals surface area contributed by atoms with Gasteiger partial charge >= 0.3 is 0 Å². The molecule has 4 N–H and O–H groups in total. The molecule has 0 aliphatic heterocycles. The van der Waals surface area contributed by atoms with Gasteiger partial charge in [-0.3, -0.25) is 0 Å². The van der Waals surface area contributed by atoms with Crippen LogP contribution >= 0.6 is 12.4 Å². The van der Waals surface area contributed by atoms with Crippen molar-refractivity contribution in [3.63, 3.8) is 0 Å². The van der Waals surface area contributed by atoms with Gasteiger partial charge in [-0.15, -0.1) is 12.4 Å². The number of hydrogen-bond donors (Lipinski definition) is 2. The zero-order chi connectivity index (χ0) is 12.8. The Morgan fingerprint density at radius 1 is 1.28 bits per heavy atom. The average Bonchev–Trinajstić information content (AvgIpc) is 2.34. The topological polar surface area (TPSA) is 61.3 Å². The van der Waals surface area contributed by atoms with E-state index in [0.29, 0.717) is 12.5 Å². The summed E-state index contributed by atoms with van der Waals surface area (Å²) in [5.41, 5.74) is 14.1. The van der Waals surface area contributed by atoms with Crippen molar-refractivity contribution in [2.75, 3.05) is 13.7 Å². The Bertz CT molecular complexity index is 356. The number of ether oxygens (including phenoxy) is 1. The molecule has 1 rings (SSSR count). The normalized spacial score (nSPS) is 12.1. The number of halogens is 1. The lowest BCUT2D eigenvalue weighted by atomic mass is 9.95. The molecule has 18 heavy (non-hydrogen) atoms. The first kappa shape index (κ1) is 17.2. The summed E-state index contributed by atoms with van der Waals surface area (Å²) in [6.07, 6.45) is 1.84. The third-order valence-electron chi connectivity index (χ3n) is 3.04. The fourth-order valence-electron chi connectivity index (χ4n) is 1.89. The Morgan fingerprint density at radius 2 is 1.94 bits per heavy atom. The number of hydrogen-bond acceptors (Lipinski definition) is 3. The van der Waals surface area contributed by atoms with Crippen LogP contribution in [0.4, 0.5) is 0 Å². The standard InChI is InChI=1S/C14H24N2O.ClH/c1-10(2)11-6-7-14(17-3)12(9-11)13(16)5-4-8-15;/h6-7,9-10,13H,4-5,8,15-16H2,1-3H3;1H/t13-;/m0./s1. The van der Waals surface area contributed by atoms with E-state index in [1.807, 2.05) is 6.07 Å². The summed E-state index contributed by atoms with van der Waals surface area (Å²) >= 11 is 0. The monoisotopic (exact) mass is 272 g/mol. The maximum Gasteiger partial charge on any atom is 0.123 e. The molecule has 0 aliphatic rings. The molecular weight excluding hydrogens is 248 g/mol. The summed E-state index contributed by atoms with van der Waals surface area (Å²) in [5.74, 6) is 1.38. The molecule has 0 unspecified atom stereocenters. The largest absolute Gasteiger partial charge is 0.496 e. The minimum absolute atomic E-state index is 0. The van der Waals surface area contributed by atoms with E-state index in [1.54, 1.807) is 7.11 Å². The van der Waals surface area contributed by atoms with Crippen molar-refractivity contribution >= 4 is 12.4 Å². The van der Waals surface area contributed by atoms with Gasteiger partial charge in [-0.1, -0.05) is 26.0 Å². The summed E-state index contributed by atoms with van der Waals surface area (Å²) in [6.45, 7) is 5.04. The van der Waals surface area contributed by atoms with Crippen LogP contribution in [0.25, 0.3) is 0 Å². The first-order valence-corrected chi connectivity index (χ1v) is 6.23. The fourth-order valence-corrected chi connectivity index (χ4v) is 1.89. The second-order valence-corrected chi connectivity index (χ2v) is 4.69. The molecule has 0 saturated carbocycles. The molecule has 0 radical (unpaired) electrons. The summed E-state index contributed by atoms with van der Waals surface area (Å²) in [4.78, 5) is 0. The number of nitrogens with two attached hydrogens (primary N) is 2. The van der Waals surface area contributed by atoms with Crippen LogP contribution in [0.15, 0.2) is 18.2 Å². The van der Waals surface area contributed by atoms with E-state index >= 15 is 0 Å². The molecule has 0 fully saturated rings. The SMILES string of the molecule is COc1ccc(C(C)C)cc1[C@@H](N)CCCN.Cl. The molecule has 1 atom stereocenters. The predicted molar refractivity (Wildman–Crippen MR) is 79.5 cm³/mol.